The summed E-state index contributed by atoms with van der Waals surface area (Å²) < 4.78 is 9.80. The standard InChI is InChI=1S/C15H18N2O6S/c1-3-5-22-14(20)11-10(7-16-15(21)23-6-4-2)24-13-9(8-18)12(19)17(11)13/h3-4,9,13,18H,1-2,5-8H2,(H,16,21)/t9-,13+/m0/s1. The number of aliphatic hydroxyl groups excluding tert-OH is 1. The molecule has 0 bridgehead atoms. The summed E-state index contributed by atoms with van der Waals surface area (Å²) in [5.74, 6) is -1.59. The predicted octanol–water partition coefficient (Wildman–Crippen LogP) is 0.363. The largest absolute Gasteiger partial charge is 0.457 e. The normalized spacial score (nSPS) is 21.7. The summed E-state index contributed by atoms with van der Waals surface area (Å²) in [6.07, 6.45) is 2.18. The second-order valence-electron chi connectivity index (χ2n) is 4.91. The van der Waals surface area contributed by atoms with Gasteiger partial charge in [0.25, 0.3) is 0 Å². The van der Waals surface area contributed by atoms with E-state index in [9.17, 15) is 19.5 Å². The molecule has 130 valence electrons. The molecule has 1 fully saturated rings. The fraction of sp³-hybridized carbons (Fsp3) is 0.400. The zero-order valence-corrected chi connectivity index (χ0v) is 13.7. The minimum atomic E-state index is -0.675. The average molecular weight is 354 g/mol. The van der Waals surface area contributed by atoms with E-state index in [1.807, 2.05) is 0 Å². The number of carbonyl (C=O) groups is 3. The predicted molar refractivity (Wildman–Crippen MR) is 86.5 cm³/mol. The quantitative estimate of drug-likeness (QED) is 0.368. The number of rotatable bonds is 8. The highest BCUT2D eigenvalue weighted by atomic mass is 32.2. The lowest BCUT2D eigenvalue weighted by Gasteiger charge is -2.41. The molecule has 2 N–H and O–H groups in total. The molecule has 0 aromatic rings. The van der Waals surface area contributed by atoms with E-state index in [4.69, 9.17) is 9.47 Å². The lowest BCUT2D eigenvalue weighted by Crippen LogP contribution is -2.58. The van der Waals surface area contributed by atoms with E-state index in [1.165, 1.54) is 28.8 Å². The number of hydrogen-bond donors (Lipinski definition) is 2. The van der Waals surface area contributed by atoms with Crippen molar-refractivity contribution in [1.82, 2.24) is 10.2 Å². The Hall–Kier alpha value is -2.26. The van der Waals surface area contributed by atoms with Gasteiger partial charge in [-0.1, -0.05) is 37.1 Å². The molecule has 2 heterocycles. The smallest absolute Gasteiger partial charge is 0.407 e. The number of thioether (sulfide) groups is 1. The summed E-state index contributed by atoms with van der Waals surface area (Å²) in [5.41, 5.74) is 0.0885. The molecule has 8 nitrogen and oxygen atoms in total. The number of carbonyl (C=O) groups excluding carboxylic acids is 3. The Labute approximate surface area is 143 Å². The molecule has 2 atom stereocenters. The third-order valence-electron chi connectivity index (χ3n) is 3.37. The summed E-state index contributed by atoms with van der Waals surface area (Å²) in [5, 5.41) is 11.4. The second-order valence-corrected chi connectivity index (χ2v) is 6.12. The SMILES string of the molecule is C=CCOC(=O)NCC1=C(C(=O)OCC=C)N2C(=O)[C@H](CO)[C@H]2S1. The second kappa shape index (κ2) is 8.02. The molecule has 0 aromatic carbocycles. The Kier molecular flexibility index (Phi) is 6.04. The van der Waals surface area contributed by atoms with Gasteiger partial charge in [-0.25, -0.2) is 9.59 Å². The lowest BCUT2D eigenvalue weighted by molar-refractivity contribution is -0.154. The molecule has 1 saturated heterocycles. The van der Waals surface area contributed by atoms with Crippen LogP contribution in [-0.2, 0) is 19.1 Å². The number of amides is 2. The van der Waals surface area contributed by atoms with Gasteiger partial charge in [0, 0.05) is 4.91 Å². The molecule has 0 aliphatic carbocycles. The number of nitrogens with one attached hydrogen (secondary N) is 1. The first kappa shape index (κ1) is 18.1. The summed E-state index contributed by atoms with van der Waals surface area (Å²) in [6.45, 7) is 6.67. The number of aliphatic hydroxyl groups is 1. The Morgan fingerprint density at radius 3 is 2.58 bits per heavy atom. The number of hydrogen-bond acceptors (Lipinski definition) is 7. The maximum atomic E-state index is 12.2. The Morgan fingerprint density at radius 2 is 1.96 bits per heavy atom. The van der Waals surface area contributed by atoms with Crippen molar-refractivity contribution in [3.63, 3.8) is 0 Å². The van der Waals surface area contributed by atoms with Crippen LogP contribution in [0, 0.1) is 5.92 Å². The van der Waals surface area contributed by atoms with Gasteiger partial charge in [-0.3, -0.25) is 9.69 Å². The van der Waals surface area contributed by atoms with E-state index in [0.29, 0.717) is 4.91 Å². The van der Waals surface area contributed by atoms with E-state index >= 15 is 0 Å². The van der Waals surface area contributed by atoms with Crippen molar-refractivity contribution >= 4 is 29.7 Å². The first-order valence-electron chi connectivity index (χ1n) is 7.18. The third-order valence-corrected chi connectivity index (χ3v) is 4.77. The lowest BCUT2D eigenvalue weighted by atomic mass is 9.98. The van der Waals surface area contributed by atoms with Crippen molar-refractivity contribution in [3.05, 3.63) is 35.9 Å². The van der Waals surface area contributed by atoms with Crippen LogP contribution in [0.3, 0.4) is 0 Å². The van der Waals surface area contributed by atoms with Crippen LogP contribution in [0.25, 0.3) is 0 Å². The molecule has 0 saturated carbocycles. The molecule has 0 aromatic heterocycles. The Balaban J connectivity index is 2.11. The maximum absolute atomic E-state index is 12.2. The summed E-state index contributed by atoms with van der Waals surface area (Å²) in [7, 11) is 0. The molecule has 2 aliphatic rings. The van der Waals surface area contributed by atoms with Crippen LogP contribution in [0.2, 0.25) is 0 Å². The van der Waals surface area contributed by atoms with Crippen LogP contribution in [0.1, 0.15) is 0 Å². The number of β-lactam (4-membered cyclic amide) rings is 1. The average Bonchev–Trinajstić information content (AvgIpc) is 2.91. The van der Waals surface area contributed by atoms with Crippen molar-refractivity contribution < 1.29 is 29.0 Å². The molecule has 2 aliphatic heterocycles. The van der Waals surface area contributed by atoms with Gasteiger partial charge in [0.05, 0.1) is 19.1 Å². The van der Waals surface area contributed by atoms with Crippen molar-refractivity contribution in [3.8, 4) is 0 Å². The number of alkyl carbamates (subject to hydrolysis) is 1. The van der Waals surface area contributed by atoms with Gasteiger partial charge in [0.2, 0.25) is 5.91 Å². The number of nitrogens with zero attached hydrogens (tertiary/aromatic N) is 1. The zero-order valence-electron chi connectivity index (χ0n) is 12.9. The zero-order chi connectivity index (χ0) is 17.7. The van der Waals surface area contributed by atoms with Gasteiger partial charge in [-0.2, -0.15) is 0 Å². The molecule has 24 heavy (non-hydrogen) atoms. The topological polar surface area (TPSA) is 105 Å². The fourth-order valence-corrected chi connectivity index (χ4v) is 3.70. The van der Waals surface area contributed by atoms with Crippen molar-refractivity contribution in [2.45, 2.75) is 5.37 Å². The maximum Gasteiger partial charge on any atom is 0.407 e. The number of ether oxygens (including phenoxy) is 2. The molecule has 2 amide bonds. The molecule has 0 unspecified atom stereocenters. The van der Waals surface area contributed by atoms with Gasteiger partial charge in [-0.15, -0.1) is 0 Å². The van der Waals surface area contributed by atoms with E-state index in [-0.39, 0.29) is 43.3 Å². The molecule has 2 rings (SSSR count). The fourth-order valence-electron chi connectivity index (χ4n) is 2.28. The number of esters is 1. The van der Waals surface area contributed by atoms with Gasteiger partial charge in [0.1, 0.15) is 24.3 Å². The van der Waals surface area contributed by atoms with Crippen molar-refractivity contribution in [2.24, 2.45) is 5.92 Å². The van der Waals surface area contributed by atoms with Crippen LogP contribution < -0.4 is 5.32 Å². The molecule has 0 spiro atoms. The first-order valence-corrected chi connectivity index (χ1v) is 8.06. The highest BCUT2D eigenvalue weighted by Crippen LogP contribution is 2.49. The summed E-state index contributed by atoms with van der Waals surface area (Å²) in [4.78, 5) is 37.5. The van der Waals surface area contributed by atoms with E-state index in [1.54, 1.807) is 0 Å². The Morgan fingerprint density at radius 1 is 1.29 bits per heavy atom. The highest BCUT2D eigenvalue weighted by molar-refractivity contribution is 8.04. The minimum Gasteiger partial charge on any atom is -0.457 e. The first-order chi connectivity index (χ1) is 11.5. The molecule has 0 radical (unpaired) electrons. The van der Waals surface area contributed by atoms with Crippen LogP contribution >= 0.6 is 11.8 Å². The summed E-state index contributed by atoms with van der Waals surface area (Å²) in [6, 6.07) is 0. The molecule has 9 heteroatoms. The highest BCUT2D eigenvalue weighted by Gasteiger charge is 2.55. The summed E-state index contributed by atoms with van der Waals surface area (Å²) >= 11 is 1.24. The van der Waals surface area contributed by atoms with Gasteiger partial charge in [-0.05, 0) is 0 Å². The number of fused-ring (bicyclic) bond motifs is 1. The third kappa shape index (κ3) is 3.46. The van der Waals surface area contributed by atoms with E-state index in [0.717, 1.165) is 0 Å². The van der Waals surface area contributed by atoms with Gasteiger partial charge < -0.3 is 19.9 Å². The van der Waals surface area contributed by atoms with Gasteiger partial charge in [0.15, 0.2) is 0 Å². The Bertz CT molecular complexity index is 603. The van der Waals surface area contributed by atoms with Crippen molar-refractivity contribution in [2.75, 3.05) is 26.4 Å². The van der Waals surface area contributed by atoms with Gasteiger partial charge >= 0.3 is 12.1 Å². The van der Waals surface area contributed by atoms with E-state index in [2.05, 4.69) is 18.5 Å². The van der Waals surface area contributed by atoms with Crippen LogP contribution in [0.5, 0.6) is 0 Å². The van der Waals surface area contributed by atoms with E-state index < -0.39 is 18.0 Å². The van der Waals surface area contributed by atoms with Crippen LogP contribution in [-0.4, -0.2) is 59.7 Å². The minimum absolute atomic E-state index is 0.00517. The molecular weight excluding hydrogens is 336 g/mol. The van der Waals surface area contributed by atoms with Crippen LogP contribution in [0.4, 0.5) is 4.79 Å². The monoisotopic (exact) mass is 354 g/mol. The van der Waals surface area contributed by atoms with Crippen molar-refractivity contribution in [1.29, 1.82) is 0 Å². The van der Waals surface area contributed by atoms with Crippen LogP contribution in [0.15, 0.2) is 35.9 Å². The molecular formula is C15H18N2O6S.